The number of likely N-dealkylation sites (tertiary alicyclic amines) is 1. The SMILES string of the molecule is C=CC(=O)N1CCC[C@@H](Nc2nc(Cl)[nH]c3nnc(C)c2-3)C1. The number of piperidine rings is 1. The molecule has 0 aromatic rings. The van der Waals surface area contributed by atoms with Crippen LogP contribution in [0.2, 0.25) is 5.28 Å². The van der Waals surface area contributed by atoms with Crippen molar-refractivity contribution in [2.75, 3.05) is 18.4 Å². The van der Waals surface area contributed by atoms with E-state index in [0.717, 1.165) is 30.6 Å². The number of carbonyl (C=O) groups is 1. The van der Waals surface area contributed by atoms with Gasteiger partial charge >= 0.3 is 0 Å². The highest BCUT2D eigenvalue weighted by Crippen LogP contribution is 2.30. The molecule has 2 N–H and O–H groups in total. The molecular weight excluding hydrogens is 304 g/mol. The van der Waals surface area contributed by atoms with E-state index in [9.17, 15) is 4.79 Å². The number of carbonyl (C=O) groups excluding carboxylic acids is 1. The molecule has 1 fully saturated rings. The molecule has 1 amide bonds. The van der Waals surface area contributed by atoms with Crippen molar-refractivity contribution in [3.8, 4) is 11.4 Å². The van der Waals surface area contributed by atoms with Gasteiger partial charge in [0.1, 0.15) is 5.82 Å². The third-order valence-electron chi connectivity index (χ3n) is 3.82. The van der Waals surface area contributed by atoms with Crippen molar-refractivity contribution >= 4 is 23.3 Å². The Morgan fingerprint density at radius 3 is 3.14 bits per heavy atom. The molecule has 0 aliphatic carbocycles. The van der Waals surface area contributed by atoms with Gasteiger partial charge in [-0.25, -0.2) is 4.98 Å². The van der Waals surface area contributed by atoms with Gasteiger partial charge in [-0.3, -0.25) is 4.79 Å². The van der Waals surface area contributed by atoms with E-state index in [0.29, 0.717) is 18.2 Å². The average Bonchev–Trinajstić information content (AvgIpc) is 2.88. The van der Waals surface area contributed by atoms with Crippen LogP contribution in [0.4, 0.5) is 5.82 Å². The van der Waals surface area contributed by atoms with Crippen LogP contribution in [0.1, 0.15) is 18.5 Å². The number of hydrogen-bond acceptors (Lipinski definition) is 5. The molecule has 7 nitrogen and oxygen atoms in total. The Labute approximate surface area is 133 Å². The van der Waals surface area contributed by atoms with E-state index in [1.54, 1.807) is 4.90 Å². The Kier molecular flexibility index (Phi) is 3.98. The van der Waals surface area contributed by atoms with Gasteiger partial charge in [0.05, 0.1) is 11.3 Å². The molecule has 3 aliphatic heterocycles. The van der Waals surface area contributed by atoms with E-state index in [1.807, 2.05) is 6.92 Å². The molecule has 0 radical (unpaired) electrons. The zero-order valence-corrected chi connectivity index (χ0v) is 13.0. The monoisotopic (exact) mass is 320 g/mol. The summed E-state index contributed by atoms with van der Waals surface area (Å²) < 4.78 is 0. The second-order valence-electron chi connectivity index (χ2n) is 5.36. The summed E-state index contributed by atoms with van der Waals surface area (Å²) in [6.45, 7) is 6.79. The van der Waals surface area contributed by atoms with E-state index in [2.05, 4.69) is 32.1 Å². The van der Waals surface area contributed by atoms with Crippen molar-refractivity contribution < 1.29 is 4.79 Å². The number of fused-ring (bicyclic) bond motifs is 1. The number of anilines is 1. The minimum Gasteiger partial charge on any atom is -0.365 e. The summed E-state index contributed by atoms with van der Waals surface area (Å²) >= 11 is 6.00. The molecule has 0 bridgehead atoms. The number of aryl methyl sites for hydroxylation is 1. The lowest BCUT2D eigenvalue weighted by Crippen LogP contribution is -2.44. The van der Waals surface area contributed by atoms with Crippen molar-refractivity contribution in [1.82, 2.24) is 25.1 Å². The third-order valence-corrected chi connectivity index (χ3v) is 3.99. The summed E-state index contributed by atoms with van der Waals surface area (Å²) in [6.07, 6.45) is 3.24. The molecule has 0 unspecified atom stereocenters. The fourth-order valence-electron chi connectivity index (χ4n) is 2.77. The second kappa shape index (κ2) is 5.92. The zero-order chi connectivity index (χ0) is 15.7. The highest BCUT2D eigenvalue weighted by molar-refractivity contribution is 6.28. The Morgan fingerprint density at radius 1 is 1.55 bits per heavy atom. The Bertz CT molecular complexity index is 684. The number of aromatic amines is 1. The van der Waals surface area contributed by atoms with Gasteiger partial charge in [0.15, 0.2) is 5.82 Å². The fraction of sp³-hybridized carbons (Fsp3) is 0.429. The van der Waals surface area contributed by atoms with Crippen molar-refractivity contribution in [2.45, 2.75) is 25.8 Å². The minimum atomic E-state index is -0.0446. The van der Waals surface area contributed by atoms with Crippen LogP contribution in [0.5, 0.6) is 0 Å². The Balaban J connectivity index is 1.82. The maximum atomic E-state index is 11.8. The zero-order valence-electron chi connectivity index (χ0n) is 12.3. The van der Waals surface area contributed by atoms with Gasteiger partial charge in [0.2, 0.25) is 11.2 Å². The molecule has 3 rings (SSSR count). The predicted octanol–water partition coefficient (Wildman–Crippen LogP) is 1.86. The maximum Gasteiger partial charge on any atom is 0.246 e. The average molecular weight is 321 g/mol. The van der Waals surface area contributed by atoms with Gasteiger partial charge in [0, 0.05) is 19.1 Å². The van der Waals surface area contributed by atoms with Crippen molar-refractivity contribution in [1.29, 1.82) is 0 Å². The van der Waals surface area contributed by atoms with Crippen LogP contribution in [-0.2, 0) is 4.79 Å². The molecule has 22 heavy (non-hydrogen) atoms. The van der Waals surface area contributed by atoms with Crippen LogP contribution < -0.4 is 5.32 Å². The Morgan fingerprint density at radius 2 is 2.36 bits per heavy atom. The number of halogens is 1. The van der Waals surface area contributed by atoms with Crippen LogP contribution in [0.25, 0.3) is 11.4 Å². The van der Waals surface area contributed by atoms with Crippen molar-refractivity contribution in [2.24, 2.45) is 0 Å². The third kappa shape index (κ3) is 2.76. The molecule has 3 aliphatic rings. The first-order valence-electron chi connectivity index (χ1n) is 7.15. The van der Waals surface area contributed by atoms with Gasteiger partial charge < -0.3 is 15.2 Å². The quantitative estimate of drug-likeness (QED) is 0.666. The molecule has 3 heterocycles. The number of aromatic nitrogens is 4. The standard InChI is InChI=1S/C14H17ClN6O/c1-3-10(22)21-6-4-5-9(7-21)16-12-11-8(2)19-20-13(11)18-14(15)17-12/h3,9H,1,4-7H2,2H3,(H2,16,17,18,19,20)/t9-/m1/s1. The summed E-state index contributed by atoms with van der Waals surface area (Å²) in [5, 5.41) is 11.7. The number of nitrogens with one attached hydrogen (secondary N) is 2. The normalized spacial score (nSPS) is 18.5. The molecule has 1 atom stereocenters. The number of H-pyrrole nitrogens is 1. The smallest absolute Gasteiger partial charge is 0.246 e. The first-order valence-corrected chi connectivity index (χ1v) is 7.52. The predicted molar refractivity (Wildman–Crippen MR) is 84.0 cm³/mol. The topological polar surface area (TPSA) is 86.8 Å². The van der Waals surface area contributed by atoms with Crippen LogP contribution in [0, 0.1) is 6.92 Å². The van der Waals surface area contributed by atoms with Crippen LogP contribution in [0.3, 0.4) is 0 Å². The second-order valence-corrected chi connectivity index (χ2v) is 5.72. The summed E-state index contributed by atoms with van der Waals surface area (Å²) in [4.78, 5) is 20.8. The molecule has 1 saturated heterocycles. The Hall–Kier alpha value is -2.15. The minimum absolute atomic E-state index is 0.0446. The van der Waals surface area contributed by atoms with Crippen molar-refractivity contribution in [3.05, 3.63) is 23.6 Å². The maximum absolute atomic E-state index is 11.8. The molecular formula is C14H17ClN6O. The molecule has 0 aromatic carbocycles. The highest BCUT2D eigenvalue weighted by Gasteiger charge is 2.25. The summed E-state index contributed by atoms with van der Waals surface area (Å²) in [6, 6.07) is 0.112. The van der Waals surface area contributed by atoms with Gasteiger partial charge in [0.25, 0.3) is 0 Å². The van der Waals surface area contributed by atoms with Gasteiger partial charge in [-0.2, -0.15) is 5.10 Å². The molecule has 8 heteroatoms. The summed E-state index contributed by atoms with van der Waals surface area (Å²) in [5.41, 5.74) is 1.62. The molecule has 0 aromatic heterocycles. The highest BCUT2D eigenvalue weighted by atomic mass is 35.5. The van der Waals surface area contributed by atoms with E-state index in [4.69, 9.17) is 11.6 Å². The largest absolute Gasteiger partial charge is 0.365 e. The lowest BCUT2D eigenvalue weighted by molar-refractivity contribution is -0.127. The number of nitrogens with zero attached hydrogens (tertiary/aromatic N) is 4. The first kappa shape index (κ1) is 14.8. The summed E-state index contributed by atoms with van der Waals surface area (Å²) in [5.74, 6) is 1.21. The molecule has 116 valence electrons. The van der Waals surface area contributed by atoms with Gasteiger partial charge in [-0.1, -0.05) is 6.58 Å². The lowest BCUT2D eigenvalue weighted by atomic mass is 10.0. The van der Waals surface area contributed by atoms with Gasteiger partial charge in [-0.15, -0.1) is 5.10 Å². The van der Waals surface area contributed by atoms with E-state index in [-0.39, 0.29) is 17.2 Å². The van der Waals surface area contributed by atoms with E-state index >= 15 is 0 Å². The van der Waals surface area contributed by atoms with Crippen LogP contribution in [0.15, 0.2) is 12.7 Å². The van der Waals surface area contributed by atoms with Crippen LogP contribution >= 0.6 is 11.6 Å². The number of rotatable bonds is 3. The molecule has 0 saturated carbocycles. The lowest BCUT2D eigenvalue weighted by Gasteiger charge is -2.33. The molecule has 0 spiro atoms. The first-order chi connectivity index (χ1) is 10.6. The van der Waals surface area contributed by atoms with E-state index < -0.39 is 0 Å². The summed E-state index contributed by atoms with van der Waals surface area (Å²) in [7, 11) is 0. The fourth-order valence-corrected chi connectivity index (χ4v) is 2.94. The van der Waals surface area contributed by atoms with Crippen molar-refractivity contribution in [3.63, 3.8) is 0 Å². The van der Waals surface area contributed by atoms with Gasteiger partial charge in [-0.05, 0) is 37.4 Å². The number of hydrogen-bond donors (Lipinski definition) is 2. The number of amides is 1. The van der Waals surface area contributed by atoms with Crippen LogP contribution in [-0.4, -0.2) is 50.1 Å². The van der Waals surface area contributed by atoms with E-state index in [1.165, 1.54) is 6.08 Å².